The number of rotatable bonds is 10. The molecule has 0 fully saturated rings. The van der Waals surface area contributed by atoms with Crippen molar-refractivity contribution in [2.24, 2.45) is 5.92 Å². The van der Waals surface area contributed by atoms with Gasteiger partial charge in [0.05, 0.1) is 0 Å². The van der Waals surface area contributed by atoms with Crippen molar-refractivity contribution in [2.75, 3.05) is 26.3 Å². The summed E-state index contributed by atoms with van der Waals surface area (Å²) in [4.78, 5) is 0. The molecule has 0 saturated heterocycles. The van der Waals surface area contributed by atoms with E-state index in [0.29, 0.717) is 5.92 Å². The van der Waals surface area contributed by atoms with Crippen LogP contribution in [0.3, 0.4) is 0 Å². The maximum Gasteiger partial charge on any atom is 0.0469 e. The second kappa shape index (κ2) is 10.2. The Balaban J connectivity index is 2.49. The molecule has 1 N–H and O–H groups in total. The molecule has 3 heteroatoms. The van der Waals surface area contributed by atoms with E-state index in [1.807, 2.05) is 19.1 Å². The van der Waals surface area contributed by atoms with Crippen molar-refractivity contribution >= 4 is 11.6 Å². The van der Waals surface area contributed by atoms with E-state index in [0.717, 1.165) is 44.2 Å². The zero-order valence-electron chi connectivity index (χ0n) is 12.1. The summed E-state index contributed by atoms with van der Waals surface area (Å²) in [5.74, 6) is 0.581. The molecule has 108 valence electrons. The summed E-state index contributed by atoms with van der Waals surface area (Å²) in [5, 5.41) is 4.38. The van der Waals surface area contributed by atoms with Crippen LogP contribution < -0.4 is 5.32 Å². The van der Waals surface area contributed by atoms with E-state index in [2.05, 4.69) is 24.4 Å². The summed E-state index contributed by atoms with van der Waals surface area (Å²) in [6, 6.07) is 8.13. The monoisotopic (exact) mass is 283 g/mol. The Morgan fingerprint density at radius 3 is 2.74 bits per heavy atom. The number of nitrogens with one attached hydrogen (secondary N) is 1. The first-order valence-electron chi connectivity index (χ1n) is 7.29. The molecule has 1 rings (SSSR count). The standard InChI is InChI=1S/C16H26ClNO/c1-3-10-18-13-14(9-11-19-4-2)12-15-7-5-6-8-16(15)17/h5-8,14,18H,3-4,9-13H2,1-2H3. The molecule has 19 heavy (non-hydrogen) atoms. The van der Waals surface area contributed by atoms with Gasteiger partial charge in [0.25, 0.3) is 0 Å². The van der Waals surface area contributed by atoms with Crippen molar-refractivity contribution in [3.8, 4) is 0 Å². The number of hydrogen-bond acceptors (Lipinski definition) is 2. The Labute approximate surface area is 122 Å². The Hall–Kier alpha value is -0.570. The molecule has 0 amide bonds. The smallest absolute Gasteiger partial charge is 0.0469 e. The zero-order valence-corrected chi connectivity index (χ0v) is 12.9. The van der Waals surface area contributed by atoms with Crippen molar-refractivity contribution in [3.05, 3.63) is 34.9 Å². The molecule has 0 saturated carbocycles. The van der Waals surface area contributed by atoms with E-state index in [-0.39, 0.29) is 0 Å². The molecule has 0 aromatic heterocycles. The summed E-state index contributed by atoms with van der Waals surface area (Å²) in [5.41, 5.74) is 1.24. The highest BCUT2D eigenvalue weighted by Gasteiger charge is 2.11. The van der Waals surface area contributed by atoms with Gasteiger partial charge in [0.1, 0.15) is 0 Å². The average Bonchev–Trinajstić information content (AvgIpc) is 2.41. The van der Waals surface area contributed by atoms with E-state index >= 15 is 0 Å². The minimum absolute atomic E-state index is 0.581. The quantitative estimate of drug-likeness (QED) is 0.657. The van der Waals surface area contributed by atoms with Crippen LogP contribution in [0, 0.1) is 5.92 Å². The lowest BCUT2D eigenvalue weighted by Crippen LogP contribution is -2.26. The number of benzene rings is 1. The second-order valence-electron chi connectivity index (χ2n) is 4.85. The second-order valence-corrected chi connectivity index (χ2v) is 5.26. The third-order valence-electron chi connectivity index (χ3n) is 3.20. The van der Waals surface area contributed by atoms with Gasteiger partial charge in [-0.3, -0.25) is 0 Å². The van der Waals surface area contributed by atoms with Crippen LogP contribution in [0.1, 0.15) is 32.3 Å². The van der Waals surface area contributed by atoms with E-state index in [1.165, 1.54) is 12.0 Å². The highest BCUT2D eigenvalue weighted by molar-refractivity contribution is 6.31. The van der Waals surface area contributed by atoms with Gasteiger partial charge in [-0.25, -0.2) is 0 Å². The van der Waals surface area contributed by atoms with Crippen LogP contribution >= 0.6 is 11.6 Å². The molecule has 1 atom stereocenters. The third kappa shape index (κ3) is 6.95. The average molecular weight is 284 g/mol. The summed E-state index contributed by atoms with van der Waals surface area (Å²) in [7, 11) is 0. The molecule has 0 aliphatic rings. The summed E-state index contributed by atoms with van der Waals surface area (Å²) >= 11 is 6.24. The first-order valence-corrected chi connectivity index (χ1v) is 7.67. The molecule has 1 aromatic rings. The fourth-order valence-electron chi connectivity index (χ4n) is 2.13. The van der Waals surface area contributed by atoms with Gasteiger partial charge in [-0.1, -0.05) is 36.7 Å². The topological polar surface area (TPSA) is 21.3 Å². The largest absolute Gasteiger partial charge is 0.382 e. The number of hydrogen-bond donors (Lipinski definition) is 1. The van der Waals surface area contributed by atoms with Gasteiger partial charge in [0, 0.05) is 18.2 Å². The lowest BCUT2D eigenvalue weighted by atomic mass is 9.96. The van der Waals surface area contributed by atoms with Crippen molar-refractivity contribution < 1.29 is 4.74 Å². The van der Waals surface area contributed by atoms with Crippen LogP contribution in [0.5, 0.6) is 0 Å². The van der Waals surface area contributed by atoms with Crippen molar-refractivity contribution in [1.29, 1.82) is 0 Å². The van der Waals surface area contributed by atoms with Gasteiger partial charge >= 0.3 is 0 Å². The minimum Gasteiger partial charge on any atom is -0.382 e. The maximum atomic E-state index is 6.24. The van der Waals surface area contributed by atoms with Crippen molar-refractivity contribution in [1.82, 2.24) is 5.32 Å². The molecule has 0 heterocycles. The lowest BCUT2D eigenvalue weighted by Gasteiger charge is -2.18. The van der Waals surface area contributed by atoms with Crippen LogP contribution in [0.2, 0.25) is 5.02 Å². The Morgan fingerprint density at radius 2 is 2.05 bits per heavy atom. The van der Waals surface area contributed by atoms with Gasteiger partial charge in [0.2, 0.25) is 0 Å². The maximum absolute atomic E-state index is 6.24. The van der Waals surface area contributed by atoms with Crippen LogP contribution in [0.15, 0.2) is 24.3 Å². The molecule has 2 nitrogen and oxygen atoms in total. The zero-order chi connectivity index (χ0) is 13.9. The highest BCUT2D eigenvalue weighted by atomic mass is 35.5. The van der Waals surface area contributed by atoms with E-state index in [4.69, 9.17) is 16.3 Å². The van der Waals surface area contributed by atoms with Crippen LogP contribution in [-0.4, -0.2) is 26.3 Å². The van der Waals surface area contributed by atoms with Crippen LogP contribution in [0.4, 0.5) is 0 Å². The highest BCUT2D eigenvalue weighted by Crippen LogP contribution is 2.20. The Bertz CT molecular complexity index is 333. The number of halogens is 1. The summed E-state index contributed by atoms with van der Waals surface area (Å²) in [6.07, 6.45) is 3.27. The van der Waals surface area contributed by atoms with Gasteiger partial charge < -0.3 is 10.1 Å². The molecule has 1 aromatic carbocycles. The molecule has 0 aliphatic carbocycles. The van der Waals surface area contributed by atoms with Crippen LogP contribution in [-0.2, 0) is 11.2 Å². The van der Waals surface area contributed by atoms with Crippen LogP contribution in [0.25, 0.3) is 0 Å². The molecular weight excluding hydrogens is 258 g/mol. The molecule has 1 unspecified atom stereocenters. The molecule has 0 radical (unpaired) electrons. The predicted molar refractivity (Wildman–Crippen MR) is 82.9 cm³/mol. The molecule has 0 aliphatic heterocycles. The van der Waals surface area contributed by atoms with E-state index < -0.39 is 0 Å². The SMILES string of the molecule is CCCNCC(CCOCC)Cc1ccccc1Cl. The first-order chi connectivity index (χ1) is 9.27. The normalized spacial score (nSPS) is 12.6. The van der Waals surface area contributed by atoms with Gasteiger partial charge in [-0.2, -0.15) is 0 Å². The van der Waals surface area contributed by atoms with Crippen molar-refractivity contribution in [2.45, 2.75) is 33.1 Å². The van der Waals surface area contributed by atoms with Gasteiger partial charge in [-0.15, -0.1) is 0 Å². The molecule has 0 bridgehead atoms. The van der Waals surface area contributed by atoms with E-state index in [1.54, 1.807) is 0 Å². The minimum atomic E-state index is 0.581. The summed E-state index contributed by atoms with van der Waals surface area (Å²) in [6.45, 7) is 7.97. The van der Waals surface area contributed by atoms with Gasteiger partial charge in [0.15, 0.2) is 0 Å². The van der Waals surface area contributed by atoms with E-state index in [9.17, 15) is 0 Å². The summed E-state index contributed by atoms with van der Waals surface area (Å²) < 4.78 is 5.48. The van der Waals surface area contributed by atoms with Crippen molar-refractivity contribution in [3.63, 3.8) is 0 Å². The Morgan fingerprint density at radius 1 is 1.26 bits per heavy atom. The fraction of sp³-hybridized carbons (Fsp3) is 0.625. The first kappa shape index (κ1) is 16.5. The predicted octanol–water partition coefficient (Wildman–Crippen LogP) is 3.92. The van der Waals surface area contributed by atoms with Gasteiger partial charge in [-0.05, 0) is 56.8 Å². The fourth-order valence-corrected chi connectivity index (χ4v) is 2.34. The lowest BCUT2D eigenvalue weighted by molar-refractivity contribution is 0.131. The molecular formula is C16H26ClNO. The number of ether oxygens (including phenoxy) is 1. The Kier molecular flexibility index (Phi) is 8.89. The molecule has 0 spiro atoms. The third-order valence-corrected chi connectivity index (χ3v) is 3.57.